The van der Waals surface area contributed by atoms with Crippen LogP contribution < -0.4 is 4.90 Å². The fourth-order valence-electron chi connectivity index (χ4n) is 2.87. The molecule has 1 amide bonds. The van der Waals surface area contributed by atoms with Crippen molar-refractivity contribution in [2.24, 2.45) is 0 Å². The minimum atomic E-state index is -0.301. The van der Waals surface area contributed by atoms with Crippen LogP contribution in [0.4, 0.5) is 10.1 Å². The third-order valence-corrected chi connectivity index (χ3v) is 4.14. The number of halogens is 1. The Morgan fingerprint density at radius 2 is 2.00 bits per heavy atom. The number of carbonyl (C=O) groups excluding carboxylic acids is 1. The van der Waals surface area contributed by atoms with Crippen LogP contribution in [0.1, 0.15) is 24.7 Å². The number of imidazole rings is 1. The second-order valence-corrected chi connectivity index (χ2v) is 6.17. The van der Waals surface area contributed by atoms with Crippen molar-refractivity contribution in [3.05, 3.63) is 59.7 Å². The zero-order valence-electron chi connectivity index (χ0n) is 15.0. The molecule has 0 radical (unpaired) electrons. The normalized spacial score (nSPS) is 11.0. The number of ether oxygens (including phenoxy) is 1. The Morgan fingerprint density at radius 3 is 2.69 bits per heavy atom. The monoisotopic (exact) mass is 355 g/mol. The van der Waals surface area contributed by atoms with E-state index in [0.717, 1.165) is 41.0 Å². The highest BCUT2D eigenvalue weighted by Crippen LogP contribution is 2.23. The van der Waals surface area contributed by atoms with Gasteiger partial charge in [-0.2, -0.15) is 0 Å². The third kappa shape index (κ3) is 4.08. The van der Waals surface area contributed by atoms with Crippen molar-refractivity contribution in [3.63, 3.8) is 0 Å². The SMILES string of the molecule is CCCc1nc2cc(N(Cc3ccc(F)cc3)C(=O)COC)ccc2[nH]1. The predicted molar refractivity (Wildman–Crippen MR) is 99.6 cm³/mol. The summed E-state index contributed by atoms with van der Waals surface area (Å²) in [5.41, 5.74) is 3.33. The number of carbonyl (C=O) groups is 1. The molecular formula is C20H22FN3O2. The molecule has 0 aliphatic heterocycles. The lowest BCUT2D eigenvalue weighted by molar-refractivity contribution is -0.122. The van der Waals surface area contributed by atoms with E-state index >= 15 is 0 Å². The molecule has 5 nitrogen and oxygen atoms in total. The molecule has 0 saturated heterocycles. The van der Waals surface area contributed by atoms with Gasteiger partial charge in [-0.15, -0.1) is 0 Å². The van der Waals surface area contributed by atoms with Crippen LogP contribution in [0, 0.1) is 5.82 Å². The highest BCUT2D eigenvalue weighted by atomic mass is 19.1. The van der Waals surface area contributed by atoms with Crippen LogP contribution in [0.2, 0.25) is 0 Å². The van der Waals surface area contributed by atoms with Gasteiger partial charge in [0.05, 0.1) is 17.6 Å². The van der Waals surface area contributed by atoms with E-state index in [9.17, 15) is 9.18 Å². The number of nitrogens with one attached hydrogen (secondary N) is 1. The minimum Gasteiger partial charge on any atom is -0.375 e. The van der Waals surface area contributed by atoms with Crippen molar-refractivity contribution in [1.82, 2.24) is 9.97 Å². The fourth-order valence-corrected chi connectivity index (χ4v) is 2.87. The first-order valence-electron chi connectivity index (χ1n) is 8.63. The van der Waals surface area contributed by atoms with Gasteiger partial charge in [0.25, 0.3) is 5.91 Å². The molecule has 6 heteroatoms. The smallest absolute Gasteiger partial charge is 0.253 e. The number of hydrogen-bond acceptors (Lipinski definition) is 3. The molecule has 0 unspecified atom stereocenters. The molecule has 0 spiro atoms. The second kappa shape index (κ2) is 8.10. The number of aromatic amines is 1. The van der Waals surface area contributed by atoms with Gasteiger partial charge < -0.3 is 14.6 Å². The van der Waals surface area contributed by atoms with Crippen LogP contribution in [0.15, 0.2) is 42.5 Å². The van der Waals surface area contributed by atoms with Crippen LogP contribution in [-0.4, -0.2) is 29.6 Å². The number of aryl methyl sites for hydroxylation is 1. The van der Waals surface area contributed by atoms with E-state index in [1.54, 1.807) is 17.0 Å². The Morgan fingerprint density at radius 1 is 1.23 bits per heavy atom. The number of fused-ring (bicyclic) bond motifs is 1. The summed E-state index contributed by atoms with van der Waals surface area (Å²) in [6, 6.07) is 11.8. The molecule has 1 aromatic heterocycles. The van der Waals surface area contributed by atoms with Crippen LogP contribution >= 0.6 is 0 Å². The quantitative estimate of drug-likeness (QED) is 0.701. The average molecular weight is 355 g/mol. The molecule has 26 heavy (non-hydrogen) atoms. The molecule has 136 valence electrons. The van der Waals surface area contributed by atoms with Gasteiger partial charge in [0.15, 0.2) is 0 Å². The number of hydrogen-bond donors (Lipinski definition) is 1. The van der Waals surface area contributed by atoms with E-state index in [1.165, 1.54) is 19.2 Å². The molecule has 0 atom stereocenters. The van der Waals surface area contributed by atoms with Crippen molar-refractivity contribution in [3.8, 4) is 0 Å². The molecule has 0 saturated carbocycles. The fraction of sp³-hybridized carbons (Fsp3) is 0.300. The summed E-state index contributed by atoms with van der Waals surface area (Å²) in [7, 11) is 1.49. The number of rotatable bonds is 7. The van der Waals surface area contributed by atoms with Crippen LogP contribution in [0.25, 0.3) is 11.0 Å². The van der Waals surface area contributed by atoms with Gasteiger partial charge in [-0.3, -0.25) is 4.79 Å². The maximum atomic E-state index is 13.2. The summed E-state index contributed by atoms with van der Waals surface area (Å²) in [5, 5.41) is 0. The van der Waals surface area contributed by atoms with Crippen molar-refractivity contribution in [2.75, 3.05) is 18.6 Å². The van der Waals surface area contributed by atoms with Crippen molar-refractivity contribution in [2.45, 2.75) is 26.3 Å². The third-order valence-electron chi connectivity index (χ3n) is 4.14. The summed E-state index contributed by atoms with van der Waals surface area (Å²) in [6.07, 6.45) is 1.89. The zero-order chi connectivity index (χ0) is 18.5. The number of amides is 1. The van der Waals surface area contributed by atoms with Crippen LogP contribution in [0.5, 0.6) is 0 Å². The maximum absolute atomic E-state index is 13.2. The van der Waals surface area contributed by atoms with E-state index in [4.69, 9.17) is 4.74 Å². The summed E-state index contributed by atoms with van der Waals surface area (Å²) in [4.78, 5) is 22.1. The Hall–Kier alpha value is -2.73. The Kier molecular flexibility index (Phi) is 5.63. The molecule has 1 heterocycles. The first kappa shape index (κ1) is 18.1. The Labute approximate surface area is 151 Å². The molecule has 0 aliphatic carbocycles. The first-order chi connectivity index (χ1) is 12.6. The Balaban J connectivity index is 1.93. The molecular weight excluding hydrogens is 333 g/mol. The lowest BCUT2D eigenvalue weighted by Crippen LogP contribution is -2.33. The predicted octanol–water partition coefficient (Wildman–Crippen LogP) is 3.83. The number of nitrogens with zero attached hydrogens (tertiary/aromatic N) is 2. The van der Waals surface area contributed by atoms with Gasteiger partial charge in [-0.05, 0) is 42.3 Å². The van der Waals surface area contributed by atoms with Gasteiger partial charge in [0, 0.05) is 19.2 Å². The molecule has 0 aliphatic rings. The number of anilines is 1. The highest BCUT2D eigenvalue weighted by molar-refractivity contribution is 5.96. The van der Waals surface area contributed by atoms with E-state index in [1.807, 2.05) is 18.2 Å². The first-order valence-corrected chi connectivity index (χ1v) is 8.63. The number of aromatic nitrogens is 2. The standard InChI is InChI=1S/C20H22FN3O2/c1-3-4-19-22-17-10-9-16(11-18(17)23-19)24(20(25)13-26-2)12-14-5-7-15(21)8-6-14/h5-11H,3-4,12-13H2,1-2H3,(H,22,23). The van der Waals surface area contributed by atoms with Gasteiger partial charge in [0.1, 0.15) is 18.2 Å². The number of benzene rings is 2. The van der Waals surface area contributed by atoms with E-state index in [-0.39, 0.29) is 18.3 Å². The highest BCUT2D eigenvalue weighted by Gasteiger charge is 2.17. The van der Waals surface area contributed by atoms with E-state index in [2.05, 4.69) is 16.9 Å². The molecule has 0 bridgehead atoms. The number of H-pyrrole nitrogens is 1. The van der Waals surface area contributed by atoms with Gasteiger partial charge in [-0.1, -0.05) is 19.1 Å². The van der Waals surface area contributed by atoms with Crippen molar-refractivity contribution >= 4 is 22.6 Å². The lowest BCUT2D eigenvalue weighted by atomic mass is 10.2. The second-order valence-electron chi connectivity index (χ2n) is 6.17. The average Bonchev–Trinajstić information content (AvgIpc) is 3.03. The van der Waals surface area contributed by atoms with E-state index in [0.29, 0.717) is 6.54 Å². The molecule has 2 aromatic carbocycles. The van der Waals surface area contributed by atoms with Gasteiger partial charge >= 0.3 is 0 Å². The maximum Gasteiger partial charge on any atom is 0.253 e. The Bertz CT molecular complexity index is 890. The van der Waals surface area contributed by atoms with Crippen LogP contribution in [-0.2, 0) is 22.5 Å². The van der Waals surface area contributed by atoms with E-state index < -0.39 is 0 Å². The summed E-state index contributed by atoms with van der Waals surface area (Å²) in [6.45, 7) is 2.41. The topological polar surface area (TPSA) is 58.2 Å². The summed E-state index contributed by atoms with van der Waals surface area (Å²) >= 11 is 0. The lowest BCUT2D eigenvalue weighted by Gasteiger charge is -2.23. The molecule has 0 fully saturated rings. The van der Waals surface area contributed by atoms with Gasteiger partial charge in [0.2, 0.25) is 0 Å². The number of methoxy groups -OCH3 is 1. The molecule has 3 rings (SSSR count). The van der Waals surface area contributed by atoms with Crippen molar-refractivity contribution < 1.29 is 13.9 Å². The molecule has 1 N–H and O–H groups in total. The summed E-state index contributed by atoms with van der Waals surface area (Å²) < 4.78 is 18.2. The zero-order valence-corrected chi connectivity index (χ0v) is 15.0. The van der Waals surface area contributed by atoms with Gasteiger partial charge in [-0.25, -0.2) is 9.37 Å². The minimum absolute atomic E-state index is 0.0269. The molecule has 3 aromatic rings. The largest absolute Gasteiger partial charge is 0.375 e. The van der Waals surface area contributed by atoms with Crippen LogP contribution in [0.3, 0.4) is 0 Å². The summed E-state index contributed by atoms with van der Waals surface area (Å²) in [5.74, 6) is 0.471. The van der Waals surface area contributed by atoms with Crippen molar-refractivity contribution in [1.29, 1.82) is 0 Å².